The minimum Gasteiger partial charge on any atom is -0.385 e. The molecule has 0 saturated carbocycles. The molecule has 0 fully saturated rings. The van der Waals surface area contributed by atoms with E-state index in [0.717, 1.165) is 17.4 Å². The summed E-state index contributed by atoms with van der Waals surface area (Å²) in [4.78, 5) is 0. The van der Waals surface area contributed by atoms with Gasteiger partial charge in [0.2, 0.25) is 0 Å². The van der Waals surface area contributed by atoms with E-state index < -0.39 is 0 Å². The summed E-state index contributed by atoms with van der Waals surface area (Å²) in [5.41, 5.74) is 6.81. The smallest absolute Gasteiger partial charge is 0.0346 e. The SMILES string of the molecule is CCNc1ccc2c(c1)-c1cc(Br)ccc1C2. The number of benzene rings is 2. The number of anilines is 1. The Kier molecular flexibility index (Phi) is 2.67. The van der Waals surface area contributed by atoms with E-state index in [0.29, 0.717) is 0 Å². The standard InChI is InChI=1S/C15H14BrN/c1-2-17-13-6-4-11-7-10-3-5-12(16)8-14(10)15(11)9-13/h3-6,8-9,17H,2,7H2,1H3. The highest BCUT2D eigenvalue weighted by Gasteiger charge is 2.18. The van der Waals surface area contributed by atoms with E-state index in [1.165, 1.54) is 27.9 Å². The van der Waals surface area contributed by atoms with Gasteiger partial charge in [0, 0.05) is 16.7 Å². The van der Waals surface area contributed by atoms with E-state index >= 15 is 0 Å². The first-order chi connectivity index (χ1) is 8.28. The van der Waals surface area contributed by atoms with Gasteiger partial charge in [-0.2, -0.15) is 0 Å². The largest absolute Gasteiger partial charge is 0.385 e. The summed E-state index contributed by atoms with van der Waals surface area (Å²) in [6, 6.07) is 13.2. The Hall–Kier alpha value is -1.28. The van der Waals surface area contributed by atoms with Gasteiger partial charge in [0.05, 0.1) is 0 Å². The molecule has 0 aliphatic heterocycles. The molecule has 2 aromatic carbocycles. The molecule has 0 saturated heterocycles. The Morgan fingerprint density at radius 1 is 1.06 bits per heavy atom. The maximum absolute atomic E-state index is 3.55. The summed E-state index contributed by atoms with van der Waals surface area (Å²) >= 11 is 3.55. The molecule has 0 unspecified atom stereocenters. The van der Waals surface area contributed by atoms with Crippen molar-refractivity contribution in [3.05, 3.63) is 52.0 Å². The molecule has 0 radical (unpaired) electrons. The number of fused-ring (bicyclic) bond motifs is 3. The first-order valence-corrected chi connectivity index (χ1v) is 6.73. The molecule has 0 amide bonds. The number of halogens is 1. The van der Waals surface area contributed by atoms with Crippen molar-refractivity contribution in [3.63, 3.8) is 0 Å². The van der Waals surface area contributed by atoms with Crippen LogP contribution in [-0.4, -0.2) is 6.54 Å². The quantitative estimate of drug-likeness (QED) is 0.734. The third-order valence-corrected chi connectivity index (χ3v) is 3.73. The highest BCUT2D eigenvalue weighted by molar-refractivity contribution is 9.10. The highest BCUT2D eigenvalue weighted by atomic mass is 79.9. The molecule has 1 nitrogen and oxygen atoms in total. The van der Waals surface area contributed by atoms with Gasteiger partial charge in [0.25, 0.3) is 0 Å². The van der Waals surface area contributed by atoms with Crippen LogP contribution in [-0.2, 0) is 6.42 Å². The average molecular weight is 288 g/mol. The highest BCUT2D eigenvalue weighted by Crippen LogP contribution is 2.39. The van der Waals surface area contributed by atoms with Gasteiger partial charge in [0.15, 0.2) is 0 Å². The fourth-order valence-corrected chi connectivity index (χ4v) is 2.82. The predicted molar refractivity (Wildman–Crippen MR) is 76.5 cm³/mol. The Morgan fingerprint density at radius 2 is 1.76 bits per heavy atom. The van der Waals surface area contributed by atoms with Gasteiger partial charge >= 0.3 is 0 Å². The van der Waals surface area contributed by atoms with Gasteiger partial charge in [-0.15, -0.1) is 0 Å². The van der Waals surface area contributed by atoms with Gasteiger partial charge in [0.1, 0.15) is 0 Å². The van der Waals surface area contributed by atoms with Crippen LogP contribution in [0, 0.1) is 0 Å². The van der Waals surface area contributed by atoms with Crippen LogP contribution in [0.5, 0.6) is 0 Å². The molecule has 1 aliphatic rings. The third-order valence-electron chi connectivity index (χ3n) is 3.23. The first-order valence-electron chi connectivity index (χ1n) is 5.93. The molecule has 2 aromatic rings. The van der Waals surface area contributed by atoms with E-state index in [1.807, 2.05) is 0 Å². The van der Waals surface area contributed by atoms with E-state index in [1.54, 1.807) is 0 Å². The zero-order valence-corrected chi connectivity index (χ0v) is 11.3. The second-order valence-corrected chi connectivity index (χ2v) is 5.30. The fraction of sp³-hybridized carbons (Fsp3) is 0.200. The minimum absolute atomic E-state index is 0.962. The van der Waals surface area contributed by atoms with Crippen LogP contribution in [0.4, 0.5) is 5.69 Å². The maximum atomic E-state index is 3.55. The number of rotatable bonds is 2. The lowest BCUT2D eigenvalue weighted by Gasteiger charge is -2.07. The Morgan fingerprint density at radius 3 is 2.53 bits per heavy atom. The topological polar surface area (TPSA) is 12.0 Å². The number of nitrogens with one attached hydrogen (secondary N) is 1. The summed E-state index contributed by atoms with van der Waals surface area (Å²) in [6.45, 7) is 3.09. The minimum atomic E-state index is 0.962. The molecule has 1 aliphatic carbocycles. The van der Waals surface area contributed by atoms with E-state index in [4.69, 9.17) is 0 Å². The predicted octanol–water partition coefficient (Wildman–Crippen LogP) is 4.45. The second-order valence-electron chi connectivity index (χ2n) is 4.38. The molecule has 1 N–H and O–H groups in total. The number of hydrogen-bond donors (Lipinski definition) is 1. The summed E-state index contributed by atoms with van der Waals surface area (Å²) in [5, 5.41) is 3.37. The van der Waals surface area contributed by atoms with Crippen LogP contribution in [0.25, 0.3) is 11.1 Å². The average Bonchev–Trinajstić information content (AvgIpc) is 2.67. The zero-order valence-electron chi connectivity index (χ0n) is 9.76. The molecular formula is C15H14BrN. The second kappa shape index (κ2) is 4.19. The van der Waals surface area contributed by atoms with Gasteiger partial charge < -0.3 is 5.32 Å². The maximum Gasteiger partial charge on any atom is 0.0346 e. The summed E-state index contributed by atoms with van der Waals surface area (Å²) in [6.07, 6.45) is 1.06. The normalized spacial score (nSPS) is 12.1. The Labute approximate surface area is 110 Å². The molecule has 0 spiro atoms. The van der Waals surface area contributed by atoms with Crippen LogP contribution in [0.3, 0.4) is 0 Å². The Balaban J connectivity index is 2.12. The van der Waals surface area contributed by atoms with Crippen molar-refractivity contribution in [1.82, 2.24) is 0 Å². The Bertz CT molecular complexity index is 575. The van der Waals surface area contributed by atoms with Crippen LogP contribution in [0.1, 0.15) is 18.1 Å². The van der Waals surface area contributed by atoms with E-state index in [2.05, 4.69) is 64.6 Å². The monoisotopic (exact) mass is 287 g/mol. The molecule has 0 atom stereocenters. The van der Waals surface area contributed by atoms with Crippen molar-refractivity contribution >= 4 is 21.6 Å². The van der Waals surface area contributed by atoms with E-state index in [-0.39, 0.29) is 0 Å². The summed E-state index contributed by atoms with van der Waals surface area (Å²) < 4.78 is 1.15. The molecule has 0 bridgehead atoms. The lowest BCUT2D eigenvalue weighted by atomic mass is 10.1. The summed E-state index contributed by atoms with van der Waals surface area (Å²) in [5.74, 6) is 0. The molecule has 17 heavy (non-hydrogen) atoms. The van der Waals surface area contributed by atoms with Crippen molar-refractivity contribution in [2.75, 3.05) is 11.9 Å². The molecule has 3 rings (SSSR count). The van der Waals surface area contributed by atoms with Crippen LogP contribution >= 0.6 is 15.9 Å². The zero-order chi connectivity index (χ0) is 11.8. The van der Waals surface area contributed by atoms with Crippen molar-refractivity contribution in [2.45, 2.75) is 13.3 Å². The van der Waals surface area contributed by atoms with Crippen LogP contribution < -0.4 is 5.32 Å². The van der Waals surface area contributed by atoms with Crippen molar-refractivity contribution in [1.29, 1.82) is 0 Å². The lowest BCUT2D eigenvalue weighted by Crippen LogP contribution is -1.96. The van der Waals surface area contributed by atoms with Gasteiger partial charge in [-0.05, 0) is 59.9 Å². The first kappa shape index (κ1) is 10.8. The fourth-order valence-electron chi connectivity index (χ4n) is 2.45. The van der Waals surface area contributed by atoms with Gasteiger partial charge in [-0.1, -0.05) is 28.1 Å². The van der Waals surface area contributed by atoms with Gasteiger partial charge in [-0.3, -0.25) is 0 Å². The molecule has 0 aromatic heterocycles. The van der Waals surface area contributed by atoms with Crippen LogP contribution in [0.15, 0.2) is 40.9 Å². The molecule has 0 heterocycles. The van der Waals surface area contributed by atoms with Crippen molar-refractivity contribution < 1.29 is 0 Å². The lowest BCUT2D eigenvalue weighted by molar-refractivity contribution is 1.21. The van der Waals surface area contributed by atoms with Gasteiger partial charge in [-0.25, -0.2) is 0 Å². The number of hydrogen-bond acceptors (Lipinski definition) is 1. The molecular weight excluding hydrogens is 274 g/mol. The van der Waals surface area contributed by atoms with Crippen molar-refractivity contribution in [3.8, 4) is 11.1 Å². The molecule has 86 valence electrons. The van der Waals surface area contributed by atoms with E-state index in [9.17, 15) is 0 Å². The summed E-state index contributed by atoms with van der Waals surface area (Å²) in [7, 11) is 0. The van der Waals surface area contributed by atoms with Crippen molar-refractivity contribution in [2.24, 2.45) is 0 Å². The van der Waals surface area contributed by atoms with Crippen LogP contribution in [0.2, 0.25) is 0 Å². The third kappa shape index (κ3) is 1.87. The molecule has 2 heteroatoms.